The van der Waals surface area contributed by atoms with Gasteiger partial charge in [-0.05, 0) is 65.9 Å². The first-order valence-corrected chi connectivity index (χ1v) is 11.7. The van der Waals surface area contributed by atoms with Gasteiger partial charge in [-0.15, -0.1) is 0 Å². The van der Waals surface area contributed by atoms with Gasteiger partial charge in [0.15, 0.2) is 0 Å². The summed E-state index contributed by atoms with van der Waals surface area (Å²) in [5.41, 5.74) is 15.2. The van der Waals surface area contributed by atoms with Crippen molar-refractivity contribution in [2.75, 3.05) is 18.8 Å². The molecule has 1 aliphatic heterocycles. The smallest absolute Gasteiger partial charge is 0.250 e. The van der Waals surface area contributed by atoms with Crippen molar-refractivity contribution >= 4 is 33.2 Å². The van der Waals surface area contributed by atoms with E-state index in [1.165, 1.54) is 4.31 Å². The van der Waals surface area contributed by atoms with Gasteiger partial charge in [-0.2, -0.15) is 4.31 Å². The fourth-order valence-electron chi connectivity index (χ4n) is 3.79. The third-order valence-corrected chi connectivity index (χ3v) is 7.66. The lowest BCUT2D eigenvalue weighted by Crippen LogP contribution is -2.27. The van der Waals surface area contributed by atoms with Gasteiger partial charge in [-0.25, -0.2) is 8.42 Å². The summed E-state index contributed by atoms with van der Waals surface area (Å²) in [6.07, 6.45) is 1.75. The van der Waals surface area contributed by atoms with Crippen molar-refractivity contribution in [1.82, 2.24) is 4.31 Å². The van der Waals surface area contributed by atoms with Crippen LogP contribution in [-0.4, -0.2) is 31.7 Å². The van der Waals surface area contributed by atoms with Crippen molar-refractivity contribution in [3.05, 3.63) is 71.2 Å². The first kappa shape index (κ1) is 21.4. The number of carbonyl (C=O) groups is 1. The third-order valence-electron chi connectivity index (χ3n) is 5.49. The molecule has 0 aliphatic carbocycles. The molecule has 0 radical (unpaired) electrons. The summed E-state index contributed by atoms with van der Waals surface area (Å²) in [7, 11) is -3.51. The van der Waals surface area contributed by atoms with Crippen LogP contribution in [0.2, 0.25) is 5.02 Å². The van der Waals surface area contributed by atoms with Gasteiger partial charge >= 0.3 is 0 Å². The highest BCUT2D eigenvalue weighted by molar-refractivity contribution is 7.89. The van der Waals surface area contributed by atoms with Crippen LogP contribution in [0.4, 0.5) is 5.69 Å². The Hall–Kier alpha value is -2.87. The standard InChI is InChI=1S/C23H22ClN3O3S/c24-18-7-3-15(4-8-18)17-13-20(22(25)21(14-17)23(26)28)16-5-9-19(10-6-16)31(29,30)27-11-1-2-12-27/h3-10,13-14H,1-2,11-12,25H2,(H2,26,28). The van der Waals surface area contributed by atoms with Gasteiger partial charge < -0.3 is 11.5 Å². The SMILES string of the molecule is NC(=O)c1cc(-c2ccc(Cl)cc2)cc(-c2ccc(S(=O)(=O)N3CCCC3)cc2)c1N. The van der Waals surface area contributed by atoms with Crippen LogP contribution in [0, 0.1) is 0 Å². The zero-order chi connectivity index (χ0) is 22.2. The topological polar surface area (TPSA) is 106 Å². The van der Waals surface area contributed by atoms with Crippen molar-refractivity contribution in [2.45, 2.75) is 17.7 Å². The average Bonchev–Trinajstić information content (AvgIpc) is 3.30. The normalized spacial score (nSPS) is 14.6. The molecule has 4 N–H and O–H groups in total. The summed E-state index contributed by atoms with van der Waals surface area (Å²) in [5.74, 6) is -0.636. The van der Waals surface area contributed by atoms with Crippen molar-refractivity contribution in [3.8, 4) is 22.3 Å². The summed E-state index contributed by atoms with van der Waals surface area (Å²) < 4.78 is 27.1. The average molecular weight is 456 g/mol. The maximum absolute atomic E-state index is 12.8. The molecule has 1 aliphatic rings. The van der Waals surface area contributed by atoms with Crippen LogP contribution < -0.4 is 11.5 Å². The van der Waals surface area contributed by atoms with E-state index in [-0.39, 0.29) is 16.1 Å². The molecule has 1 saturated heterocycles. The van der Waals surface area contributed by atoms with Crippen molar-refractivity contribution < 1.29 is 13.2 Å². The number of nitrogen functional groups attached to an aromatic ring is 1. The molecule has 1 heterocycles. The van der Waals surface area contributed by atoms with Gasteiger partial charge in [0.2, 0.25) is 10.0 Å². The summed E-state index contributed by atoms with van der Waals surface area (Å²) in [6, 6.07) is 17.2. The van der Waals surface area contributed by atoms with Crippen LogP contribution in [0.3, 0.4) is 0 Å². The Morgan fingerprint density at radius 1 is 0.871 bits per heavy atom. The molecule has 1 fully saturated rings. The van der Waals surface area contributed by atoms with Gasteiger partial charge in [0, 0.05) is 23.7 Å². The van der Waals surface area contributed by atoms with E-state index in [9.17, 15) is 13.2 Å². The summed E-state index contributed by atoms with van der Waals surface area (Å²) >= 11 is 5.99. The molecule has 3 aromatic carbocycles. The van der Waals surface area contributed by atoms with Crippen LogP contribution in [0.5, 0.6) is 0 Å². The Morgan fingerprint density at radius 3 is 2.03 bits per heavy atom. The minimum absolute atomic E-state index is 0.205. The Balaban J connectivity index is 1.78. The molecule has 0 bridgehead atoms. The van der Waals surface area contributed by atoms with Gasteiger partial charge in [-0.1, -0.05) is 35.9 Å². The lowest BCUT2D eigenvalue weighted by molar-refractivity contribution is 0.100. The second kappa shape index (κ2) is 8.34. The molecule has 31 heavy (non-hydrogen) atoms. The molecule has 0 spiro atoms. The lowest BCUT2D eigenvalue weighted by atomic mass is 9.94. The Kier molecular flexibility index (Phi) is 5.75. The molecule has 1 amide bonds. The summed E-state index contributed by atoms with van der Waals surface area (Å²) in [6.45, 7) is 1.09. The molecule has 8 heteroatoms. The molecule has 6 nitrogen and oxygen atoms in total. The van der Waals surface area contributed by atoms with Gasteiger partial charge in [-0.3, -0.25) is 4.79 Å². The van der Waals surface area contributed by atoms with E-state index in [0.717, 1.165) is 24.0 Å². The third kappa shape index (κ3) is 4.17. The number of hydrogen-bond acceptors (Lipinski definition) is 4. The van der Waals surface area contributed by atoms with Crippen LogP contribution >= 0.6 is 11.6 Å². The summed E-state index contributed by atoms with van der Waals surface area (Å²) in [4.78, 5) is 12.2. The van der Waals surface area contributed by atoms with Gasteiger partial charge in [0.1, 0.15) is 0 Å². The van der Waals surface area contributed by atoms with Crippen LogP contribution in [0.25, 0.3) is 22.3 Å². The maximum atomic E-state index is 12.8. The highest BCUT2D eigenvalue weighted by atomic mass is 35.5. The largest absolute Gasteiger partial charge is 0.398 e. The minimum atomic E-state index is -3.51. The lowest BCUT2D eigenvalue weighted by Gasteiger charge is -2.16. The van der Waals surface area contributed by atoms with E-state index < -0.39 is 15.9 Å². The highest BCUT2D eigenvalue weighted by Gasteiger charge is 2.27. The number of rotatable bonds is 5. The number of halogens is 1. The second-order valence-corrected chi connectivity index (χ2v) is 9.87. The number of nitrogens with two attached hydrogens (primary N) is 2. The number of primary amides is 1. The number of nitrogens with zero attached hydrogens (tertiary/aromatic N) is 1. The quantitative estimate of drug-likeness (QED) is 0.564. The summed E-state index contributed by atoms with van der Waals surface area (Å²) in [5, 5.41) is 0.601. The zero-order valence-corrected chi connectivity index (χ0v) is 18.3. The van der Waals surface area contributed by atoms with E-state index in [4.69, 9.17) is 23.1 Å². The van der Waals surface area contributed by atoms with E-state index in [2.05, 4.69) is 0 Å². The second-order valence-electron chi connectivity index (χ2n) is 7.49. The predicted octanol–water partition coefficient (Wildman–Crippen LogP) is 4.14. The molecular weight excluding hydrogens is 434 g/mol. The molecule has 3 aromatic rings. The van der Waals surface area contributed by atoms with Crippen molar-refractivity contribution in [1.29, 1.82) is 0 Å². The van der Waals surface area contributed by atoms with Crippen molar-refractivity contribution in [3.63, 3.8) is 0 Å². The van der Waals surface area contributed by atoms with E-state index >= 15 is 0 Å². The molecule has 4 rings (SSSR count). The first-order chi connectivity index (χ1) is 14.8. The number of carbonyl (C=O) groups excluding carboxylic acids is 1. The van der Waals surface area contributed by atoms with Crippen LogP contribution in [0.15, 0.2) is 65.6 Å². The number of anilines is 1. The first-order valence-electron chi connectivity index (χ1n) is 9.87. The fourth-order valence-corrected chi connectivity index (χ4v) is 5.43. The van der Waals surface area contributed by atoms with Gasteiger partial charge in [0.25, 0.3) is 5.91 Å². The Bertz CT molecular complexity index is 1230. The minimum Gasteiger partial charge on any atom is -0.398 e. The Morgan fingerprint density at radius 2 is 1.45 bits per heavy atom. The molecule has 0 atom stereocenters. The molecule has 0 saturated carbocycles. The van der Waals surface area contributed by atoms with Crippen LogP contribution in [0.1, 0.15) is 23.2 Å². The molecule has 0 aromatic heterocycles. The molecule has 160 valence electrons. The van der Waals surface area contributed by atoms with E-state index in [1.807, 2.05) is 18.2 Å². The van der Waals surface area contributed by atoms with E-state index in [0.29, 0.717) is 29.2 Å². The predicted molar refractivity (Wildman–Crippen MR) is 123 cm³/mol. The fraction of sp³-hybridized carbons (Fsp3) is 0.174. The maximum Gasteiger partial charge on any atom is 0.250 e. The highest BCUT2D eigenvalue weighted by Crippen LogP contribution is 2.35. The van der Waals surface area contributed by atoms with E-state index in [1.54, 1.807) is 42.5 Å². The molecule has 0 unspecified atom stereocenters. The number of hydrogen-bond donors (Lipinski definition) is 2. The Labute approximate surface area is 186 Å². The zero-order valence-electron chi connectivity index (χ0n) is 16.7. The van der Waals surface area contributed by atoms with Gasteiger partial charge in [0.05, 0.1) is 16.1 Å². The monoisotopic (exact) mass is 455 g/mol. The molecular formula is C23H22ClN3O3S. The van der Waals surface area contributed by atoms with Crippen molar-refractivity contribution in [2.24, 2.45) is 5.73 Å². The number of sulfonamides is 1. The van der Waals surface area contributed by atoms with Crippen LogP contribution in [-0.2, 0) is 10.0 Å². The number of benzene rings is 3. The number of amides is 1.